The molecule has 1 aliphatic rings. The zero-order valence-electron chi connectivity index (χ0n) is 12.5. The highest BCUT2D eigenvalue weighted by atomic mass is 16.6. The number of urea groups is 1. The van der Waals surface area contributed by atoms with Crippen LogP contribution in [0.5, 0.6) is 5.75 Å². The Kier molecular flexibility index (Phi) is 4.99. The number of carbonyl (C=O) groups is 2. The van der Waals surface area contributed by atoms with Gasteiger partial charge in [-0.2, -0.15) is 0 Å². The van der Waals surface area contributed by atoms with Crippen LogP contribution in [0.25, 0.3) is 0 Å². The third-order valence-corrected chi connectivity index (χ3v) is 3.73. The molecule has 1 unspecified atom stereocenters. The molecule has 124 valence electrons. The van der Waals surface area contributed by atoms with Gasteiger partial charge in [-0.15, -0.1) is 0 Å². The number of non-ortho nitro benzene ring substituents is 1. The molecular weight excluding hydrogens is 306 g/mol. The fourth-order valence-electron chi connectivity index (χ4n) is 2.45. The Balaban J connectivity index is 2.00. The van der Waals surface area contributed by atoms with Crippen LogP contribution in [-0.4, -0.2) is 47.1 Å². The van der Waals surface area contributed by atoms with Gasteiger partial charge in [0, 0.05) is 37.3 Å². The molecule has 2 rings (SSSR count). The Hall–Kier alpha value is -2.84. The average molecular weight is 323 g/mol. The van der Waals surface area contributed by atoms with Gasteiger partial charge < -0.3 is 20.1 Å². The predicted molar refractivity (Wildman–Crippen MR) is 79.2 cm³/mol. The fourth-order valence-corrected chi connectivity index (χ4v) is 2.45. The number of nitro benzene ring substituents is 1. The maximum atomic E-state index is 12.1. The van der Waals surface area contributed by atoms with Crippen LogP contribution in [0.1, 0.15) is 12.0 Å². The van der Waals surface area contributed by atoms with E-state index in [1.165, 1.54) is 30.2 Å². The summed E-state index contributed by atoms with van der Waals surface area (Å²) in [4.78, 5) is 34.7. The van der Waals surface area contributed by atoms with Gasteiger partial charge in [0.25, 0.3) is 5.69 Å². The minimum atomic E-state index is -0.916. The van der Waals surface area contributed by atoms with Crippen molar-refractivity contribution in [2.75, 3.05) is 20.2 Å². The van der Waals surface area contributed by atoms with Gasteiger partial charge >= 0.3 is 12.0 Å². The smallest absolute Gasteiger partial charge is 0.317 e. The number of likely N-dealkylation sites (tertiary alicyclic amines) is 1. The molecule has 1 saturated heterocycles. The van der Waals surface area contributed by atoms with Crippen LogP contribution in [0, 0.1) is 16.0 Å². The standard InChI is InChI=1S/C14H17N3O6/c1-23-12-3-2-11(17(21)22)6-10(12)7-15-14(20)16-5-4-9(8-16)13(18)19/h2-3,6,9H,4-5,7-8H2,1H3,(H,15,20)(H,18,19). The second-order valence-corrected chi connectivity index (χ2v) is 5.18. The quantitative estimate of drug-likeness (QED) is 0.620. The van der Waals surface area contributed by atoms with Crippen molar-refractivity contribution in [2.24, 2.45) is 5.92 Å². The topological polar surface area (TPSA) is 122 Å². The number of ether oxygens (including phenoxy) is 1. The van der Waals surface area contributed by atoms with Gasteiger partial charge in [0.2, 0.25) is 0 Å². The van der Waals surface area contributed by atoms with Gasteiger partial charge in [-0.25, -0.2) is 4.79 Å². The first-order valence-electron chi connectivity index (χ1n) is 6.99. The summed E-state index contributed by atoms with van der Waals surface area (Å²) < 4.78 is 5.12. The Bertz CT molecular complexity index is 633. The van der Waals surface area contributed by atoms with E-state index in [0.29, 0.717) is 24.3 Å². The Morgan fingerprint density at radius 1 is 1.52 bits per heavy atom. The molecule has 23 heavy (non-hydrogen) atoms. The highest BCUT2D eigenvalue weighted by Gasteiger charge is 2.30. The number of rotatable bonds is 5. The van der Waals surface area contributed by atoms with Gasteiger partial charge in [-0.3, -0.25) is 14.9 Å². The number of aliphatic carboxylic acids is 1. The molecular formula is C14H17N3O6. The van der Waals surface area contributed by atoms with Crippen molar-refractivity contribution in [3.63, 3.8) is 0 Å². The summed E-state index contributed by atoms with van der Waals surface area (Å²) in [6, 6.07) is 3.73. The van der Waals surface area contributed by atoms with E-state index >= 15 is 0 Å². The van der Waals surface area contributed by atoms with Crippen molar-refractivity contribution < 1.29 is 24.4 Å². The van der Waals surface area contributed by atoms with Crippen molar-refractivity contribution in [3.05, 3.63) is 33.9 Å². The summed E-state index contributed by atoms with van der Waals surface area (Å²) >= 11 is 0. The lowest BCUT2D eigenvalue weighted by atomic mass is 10.1. The lowest BCUT2D eigenvalue weighted by molar-refractivity contribution is -0.384. The Morgan fingerprint density at radius 2 is 2.26 bits per heavy atom. The molecule has 0 aliphatic carbocycles. The molecule has 2 amide bonds. The molecule has 0 aromatic heterocycles. The molecule has 0 radical (unpaired) electrons. The molecule has 1 aromatic carbocycles. The minimum Gasteiger partial charge on any atom is -0.496 e. The molecule has 0 bridgehead atoms. The van der Waals surface area contributed by atoms with Gasteiger partial charge in [0.1, 0.15) is 5.75 Å². The normalized spacial score (nSPS) is 16.9. The predicted octanol–water partition coefficient (Wildman–Crippen LogP) is 1.22. The van der Waals surface area contributed by atoms with E-state index in [1.807, 2.05) is 0 Å². The highest BCUT2D eigenvalue weighted by Crippen LogP contribution is 2.24. The zero-order chi connectivity index (χ0) is 17.0. The number of hydrogen-bond acceptors (Lipinski definition) is 5. The lowest BCUT2D eigenvalue weighted by Crippen LogP contribution is -2.38. The maximum Gasteiger partial charge on any atom is 0.317 e. The van der Waals surface area contributed by atoms with Gasteiger partial charge in [-0.1, -0.05) is 0 Å². The number of benzene rings is 1. The summed E-state index contributed by atoms with van der Waals surface area (Å²) in [6.45, 7) is 0.583. The van der Waals surface area contributed by atoms with E-state index in [1.54, 1.807) is 0 Å². The van der Waals surface area contributed by atoms with E-state index < -0.39 is 22.8 Å². The number of nitrogens with zero attached hydrogens (tertiary/aromatic N) is 2. The SMILES string of the molecule is COc1ccc([N+](=O)[O-])cc1CNC(=O)N1CCC(C(=O)O)C1. The Labute approximate surface area is 132 Å². The third kappa shape index (κ3) is 3.87. The maximum absolute atomic E-state index is 12.1. The molecule has 2 N–H and O–H groups in total. The summed E-state index contributed by atoms with van der Waals surface area (Å²) in [5.74, 6) is -1.03. The van der Waals surface area contributed by atoms with E-state index in [9.17, 15) is 19.7 Å². The molecule has 9 heteroatoms. The van der Waals surface area contributed by atoms with Crippen molar-refractivity contribution in [2.45, 2.75) is 13.0 Å². The number of carbonyl (C=O) groups excluding carboxylic acids is 1. The van der Waals surface area contributed by atoms with Crippen LogP contribution in [-0.2, 0) is 11.3 Å². The van der Waals surface area contributed by atoms with Crippen LogP contribution in [0.3, 0.4) is 0 Å². The molecule has 1 aromatic rings. The summed E-state index contributed by atoms with van der Waals surface area (Å²) in [6.07, 6.45) is 0.420. The number of carboxylic acid groups (broad SMARTS) is 1. The van der Waals surface area contributed by atoms with Crippen molar-refractivity contribution >= 4 is 17.7 Å². The monoisotopic (exact) mass is 323 g/mol. The number of methoxy groups -OCH3 is 1. The first kappa shape index (κ1) is 16.5. The average Bonchev–Trinajstić information content (AvgIpc) is 3.02. The molecule has 1 fully saturated rings. The van der Waals surface area contributed by atoms with Crippen LogP contribution >= 0.6 is 0 Å². The van der Waals surface area contributed by atoms with Crippen LogP contribution < -0.4 is 10.1 Å². The Morgan fingerprint density at radius 3 is 2.83 bits per heavy atom. The van der Waals surface area contributed by atoms with Crippen LogP contribution in [0.15, 0.2) is 18.2 Å². The number of nitrogens with one attached hydrogen (secondary N) is 1. The number of amides is 2. The molecule has 0 spiro atoms. The first-order valence-corrected chi connectivity index (χ1v) is 6.99. The lowest BCUT2D eigenvalue weighted by Gasteiger charge is -2.17. The second-order valence-electron chi connectivity index (χ2n) is 5.18. The van der Waals surface area contributed by atoms with Crippen molar-refractivity contribution in [3.8, 4) is 5.75 Å². The van der Waals surface area contributed by atoms with Gasteiger partial charge in [0.15, 0.2) is 0 Å². The fraction of sp³-hybridized carbons (Fsp3) is 0.429. The van der Waals surface area contributed by atoms with Crippen LogP contribution in [0.2, 0.25) is 0 Å². The van der Waals surface area contributed by atoms with E-state index in [0.717, 1.165) is 0 Å². The van der Waals surface area contributed by atoms with Gasteiger partial charge in [-0.05, 0) is 12.5 Å². The van der Waals surface area contributed by atoms with Crippen LogP contribution in [0.4, 0.5) is 10.5 Å². The largest absolute Gasteiger partial charge is 0.496 e. The number of carboxylic acids is 1. The van der Waals surface area contributed by atoms with Crippen molar-refractivity contribution in [1.29, 1.82) is 0 Å². The number of nitro groups is 1. The van der Waals surface area contributed by atoms with E-state index in [2.05, 4.69) is 5.32 Å². The molecule has 9 nitrogen and oxygen atoms in total. The van der Waals surface area contributed by atoms with E-state index in [4.69, 9.17) is 9.84 Å². The second kappa shape index (κ2) is 6.95. The summed E-state index contributed by atoms with van der Waals surface area (Å²) in [5, 5.41) is 22.4. The molecule has 1 heterocycles. The van der Waals surface area contributed by atoms with Gasteiger partial charge in [0.05, 0.1) is 18.0 Å². The highest BCUT2D eigenvalue weighted by molar-refractivity contribution is 5.77. The zero-order valence-corrected chi connectivity index (χ0v) is 12.5. The molecule has 0 saturated carbocycles. The summed E-state index contributed by atoms with van der Waals surface area (Å²) in [7, 11) is 1.43. The third-order valence-electron chi connectivity index (χ3n) is 3.73. The first-order chi connectivity index (χ1) is 10.9. The summed E-state index contributed by atoms with van der Waals surface area (Å²) in [5.41, 5.74) is 0.381. The molecule has 1 atom stereocenters. The number of hydrogen-bond donors (Lipinski definition) is 2. The molecule has 1 aliphatic heterocycles. The minimum absolute atomic E-state index is 0.0535. The van der Waals surface area contributed by atoms with E-state index in [-0.39, 0.29) is 18.8 Å². The van der Waals surface area contributed by atoms with Crippen molar-refractivity contribution in [1.82, 2.24) is 10.2 Å².